The Morgan fingerprint density at radius 3 is 2.56 bits per heavy atom. The molecule has 2 rings (SSSR count). The Labute approximate surface area is 107 Å². The lowest BCUT2D eigenvalue weighted by molar-refractivity contribution is 0.817. The van der Waals surface area contributed by atoms with Gasteiger partial charge in [-0.3, -0.25) is 0 Å². The van der Waals surface area contributed by atoms with Crippen LogP contribution < -0.4 is 11.1 Å². The number of rotatable bonds is 4. The summed E-state index contributed by atoms with van der Waals surface area (Å²) in [5.41, 5.74) is 7.87. The first-order valence-electron chi connectivity index (χ1n) is 6.07. The van der Waals surface area contributed by atoms with Gasteiger partial charge in [0.15, 0.2) is 0 Å². The highest BCUT2D eigenvalue weighted by atomic mass is 15.1. The predicted octanol–water partition coefficient (Wildman–Crippen LogP) is 2.79. The molecule has 0 saturated heterocycles. The normalized spacial score (nSPS) is 10.6. The summed E-state index contributed by atoms with van der Waals surface area (Å²) in [5, 5.41) is 3.27. The Morgan fingerprint density at radius 1 is 1.17 bits per heavy atom. The number of benzene rings is 1. The fourth-order valence-electron chi connectivity index (χ4n) is 1.66. The van der Waals surface area contributed by atoms with E-state index in [-0.39, 0.29) is 0 Å². The number of nitrogens with two attached hydrogens (primary N) is 1. The van der Waals surface area contributed by atoms with Gasteiger partial charge in [-0.15, -0.1) is 0 Å². The van der Waals surface area contributed by atoms with Gasteiger partial charge < -0.3 is 11.1 Å². The number of nitrogens with zero attached hydrogens (tertiary/aromatic N) is 2. The number of hydrogen-bond donors (Lipinski definition) is 2. The summed E-state index contributed by atoms with van der Waals surface area (Å²) in [6.45, 7) is 4.90. The quantitative estimate of drug-likeness (QED) is 0.865. The molecule has 1 aromatic carbocycles. The predicted molar refractivity (Wildman–Crippen MR) is 74.3 cm³/mol. The topological polar surface area (TPSA) is 63.8 Å². The van der Waals surface area contributed by atoms with Crippen molar-refractivity contribution in [1.29, 1.82) is 0 Å². The number of anilines is 2. The minimum atomic E-state index is 0.316. The van der Waals surface area contributed by atoms with Crippen LogP contribution in [0.5, 0.6) is 0 Å². The standard InChI is InChI=1S/C14H18N4/c1-10(2)12-8-13(18-14(15)17-12)16-9-11-6-4-3-5-7-11/h3-8,10H,9H2,1-2H3,(H3,15,16,17,18). The van der Waals surface area contributed by atoms with Crippen molar-refractivity contribution in [2.75, 3.05) is 11.1 Å². The van der Waals surface area contributed by atoms with Crippen molar-refractivity contribution in [2.45, 2.75) is 26.3 Å². The molecule has 18 heavy (non-hydrogen) atoms. The molecule has 0 atom stereocenters. The molecule has 0 radical (unpaired) electrons. The van der Waals surface area contributed by atoms with Crippen molar-refractivity contribution < 1.29 is 0 Å². The van der Waals surface area contributed by atoms with Gasteiger partial charge in [0.2, 0.25) is 5.95 Å². The number of nitrogens with one attached hydrogen (secondary N) is 1. The van der Waals surface area contributed by atoms with Crippen LogP contribution in [0.15, 0.2) is 36.4 Å². The Morgan fingerprint density at radius 2 is 1.89 bits per heavy atom. The zero-order valence-electron chi connectivity index (χ0n) is 10.7. The summed E-state index contributed by atoms with van der Waals surface area (Å²) in [7, 11) is 0. The second-order valence-electron chi connectivity index (χ2n) is 4.53. The Bertz CT molecular complexity index is 508. The van der Waals surface area contributed by atoms with Gasteiger partial charge in [-0.1, -0.05) is 44.2 Å². The van der Waals surface area contributed by atoms with Crippen LogP contribution in [-0.2, 0) is 6.54 Å². The third kappa shape index (κ3) is 3.20. The lowest BCUT2D eigenvalue weighted by atomic mass is 10.1. The highest BCUT2D eigenvalue weighted by Crippen LogP contribution is 2.16. The van der Waals surface area contributed by atoms with Crippen molar-refractivity contribution in [3.8, 4) is 0 Å². The van der Waals surface area contributed by atoms with Gasteiger partial charge in [0.1, 0.15) is 5.82 Å². The van der Waals surface area contributed by atoms with Crippen LogP contribution in [0, 0.1) is 0 Å². The highest BCUT2D eigenvalue weighted by Gasteiger charge is 2.05. The molecule has 2 aromatic rings. The Balaban J connectivity index is 2.10. The molecule has 94 valence electrons. The molecule has 4 nitrogen and oxygen atoms in total. The third-order valence-electron chi connectivity index (χ3n) is 2.67. The molecule has 3 N–H and O–H groups in total. The van der Waals surface area contributed by atoms with Gasteiger partial charge in [-0.25, -0.2) is 4.98 Å². The van der Waals surface area contributed by atoms with E-state index in [1.165, 1.54) is 5.56 Å². The molecule has 0 spiro atoms. The number of nitrogen functional groups attached to an aromatic ring is 1. The molecule has 0 aliphatic carbocycles. The maximum atomic E-state index is 5.70. The van der Waals surface area contributed by atoms with E-state index in [0.29, 0.717) is 11.9 Å². The molecular formula is C14H18N4. The average Bonchev–Trinajstić information content (AvgIpc) is 2.37. The van der Waals surface area contributed by atoms with E-state index in [1.54, 1.807) is 0 Å². The van der Waals surface area contributed by atoms with E-state index in [4.69, 9.17) is 5.73 Å². The SMILES string of the molecule is CC(C)c1cc(NCc2ccccc2)nc(N)n1. The first-order chi connectivity index (χ1) is 8.65. The van der Waals surface area contributed by atoms with Crippen LogP contribution in [0.3, 0.4) is 0 Å². The molecule has 0 unspecified atom stereocenters. The zero-order chi connectivity index (χ0) is 13.0. The first-order valence-corrected chi connectivity index (χ1v) is 6.07. The fourth-order valence-corrected chi connectivity index (χ4v) is 1.66. The zero-order valence-corrected chi connectivity index (χ0v) is 10.7. The summed E-state index contributed by atoms with van der Waals surface area (Å²) in [6.07, 6.45) is 0. The van der Waals surface area contributed by atoms with Gasteiger partial charge in [0.25, 0.3) is 0 Å². The highest BCUT2D eigenvalue weighted by molar-refractivity contribution is 5.41. The van der Waals surface area contributed by atoms with E-state index in [9.17, 15) is 0 Å². The maximum Gasteiger partial charge on any atom is 0.222 e. The molecule has 4 heteroatoms. The van der Waals surface area contributed by atoms with E-state index in [2.05, 4.69) is 41.3 Å². The molecule has 0 fully saturated rings. The lowest BCUT2D eigenvalue weighted by Gasteiger charge is -2.10. The van der Waals surface area contributed by atoms with Gasteiger partial charge >= 0.3 is 0 Å². The second kappa shape index (κ2) is 5.49. The molecule has 0 saturated carbocycles. The molecule has 0 bridgehead atoms. The van der Waals surface area contributed by atoms with Crippen LogP contribution >= 0.6 is 0 Å². The summed E-state index contributed by atoms with van der Waals surface area (Å²) in [4.78, 5) is 8.40. The van der Waals surface area contributed by atoms with E-state index >= 15 is 0 Å². The van der Waals surface area contributed by atoms with Crippen molar-refractivity contribution >= 4 is 11.8 Å². The van der Waals surface area contributed by atoms with Gasteiger partial charge in [-0.05, 0) is 11.5 Å². The van der Waals surface area contributed by atoms with Crippen molar-refractivity contribution in [3.05, 3.63) is 47.7 Å². The van der Waals surface area contributed by atoms with E-state index in [1.807, 2.05) is 24.3 Å². The minimum Gasteiger partial charge on any atom is -0.368 e. The van der Waals surface area contributed by atoms with Crippen molar-refractivity contribution in [2.24, 2.45) is 0 Å². The number of aromatic nitrogens is 2. The Kier molecular flexibility index (Phi) is 3.77. The first kappa shape index (κ1) is 12.4. The Hall–Kier alpha value is -2.10. The molecule has 1 heterocycles. The lowest BCUT2D eigenvalue weighted by Crippen LogP contribution is -2.07. The van der Waals surface area contributed by atoms with Gasteiger partial charge in [-0.2, -0.15) is 4.98 Å². The minimum absolute atomic E-state index is 0.316. The smallest absolute Gasteiger partial charge is 0.222 e. The van der Waals surface area contributed by atoms with Gasteiger partial charge in [0.05, 0.1) is 5.69 Å². The molecular weight excluding hydrogens is 224 g/mol. The second-order valence-corrected chi connectivity index (χ2v) is 4.53. The van der Waals surface area contributed by atoms with E-state index in [0.717, 1.165) is 18.1 Å². The fraction of sp³-hybridized carbons (Fsp3) is 0.286. The largest absolute Gasteiger partial charge is 0.368 e. The third-order valence-corrected chi connectivity index (χ3v) is 2.67. The van der Waals surface area contributed by atoms with Crippen LogP contribution in [0.2, 0.25) is 0 Å². The van der Waals surface area contributed by atoms with E-state index < -0.39 is 0 Å². The molecule has 0 aliphatic heterocycles. The van der Waals surface area contributed by atoms with Crippen LogP contribution in [0.25, 0.3) is 0 Å². The summed E-state index contributed by atoms with van der Waals surface area (Å²) >= 11 is 0. The average molecular weight is 242 g/mol. The maximum absolute atomic E-state index is 5.70. The van der Waals surface area contributed by atoms with Crippen LogP contribution in [0.1, 0.15) is 31.0 Å². The van der Waals surface area contributed by atoms with Gasteiger partial charge in [0, 0.05) is 12.6 Å². The molecule has 1 aromatic heterocycles. The molecule has 0 amide bonds. The van der Waals surface area contributed by atoms with Crippen molar-refractivity contribution in [1.82, 2.24) is 9.97 Å². The summed E-state index contributed by atoms with van der Waals surface area (Å²) in [6, 6.07) is 12.1. The molecule has 0 aliphatic rings. The summed E-state index contributed by atoms with van der Waals surface area (Å²) in [5.74, 6) is 1.43. The van der Waals surface area contributed by atoms with Crippen molar-refractivity contribution in [3.63, 3.8) is 0 Å². The van der Waals surface area contributed by atoms with Crippen LogP contribution in [0.4, 0.5) is 11.8 Å². The van der Waals surface area contributed by atoms with Crippen LogP contribution in [-0.4, -0.2) is 9.97 Å². The number of hydrogen-bond acceptors (Lipinski definition) is 4. The monoisotopic (exact) mass is 242 g/mol. The summed E-state index contributed by atoms with van der Waals surface area (Å²) < 4.78 is 0.